The molecule has 2 aromatic rings. The lowest BCUT2D eigenvalue weighted by atomic mass is 10.2. The minimum atomic E-state index is -0.560. The minimum Gasteiger partial charge on any atom is -0.393 e. The molecule has 0 radical (unpaired) electrons. The van der Waals surface area contributed by atoms with Crippen LogP contribution in [0.25, 0.3) is 5.69 Å². The fourth-order valence-corrected chi connectivity index (χ4v) is 2.43. The van der Waals surface area contributed by atoms with Gasteiger partial charge in [0, 0.05) is 12.6 Å². The van der Waals surface area contributed by atoms with Gasteiger partial charge in [0.25, 0.3) is 5.56 Å². The van der Waals surface area contributed by atoms with Crippen molar-refractivity contribution in [3.05, 3.63) is 45.1 Å². The highest BCUT2D eigenvalue weighted by Crippen LogP contribution is 2.20. The first-order valence-corrected chi connectivity index (χ1v) is 6.94. The van der Waals surface area contributed by atoms with Gasteiger partial charge in [-0.2, -0.15) is 0 Å². The topological polar surface area (TPSA) is 53.0 Å². The standard InChI is InChI=1S/C14H17ClFN3O/c1-3-5-12-13(17)14(20)19(18(12)4-2)9-6-7-10(15)11(16)8-9/h6-8H,3-5,17H2,1-2H3. The van der Waals surface area contributed by atoms with Crippen LogP contribution in [0, 0.1) is 5.82 Å². The van der Waals surface area contributed by atoms with E-state index in [1.165, 1.54) is 16.8 Å². The van der Waals surface area contributed by atoms with Crippen LogP contribution in [-0.2, 0) is 13.0 Å². The molecule has 0 fully saturated rings. The highest BCUT2D eigenvalue weighted by molar-refractivity contribution is 6.30. The molecule has 0 atom stereocenters. The van der Waals surface area contributed by atoms with Gasteiger partial charge in [0.2, 0.25) is 0 Å². The summed E-state index contributed by atoms with van der Waals surface area (Å²) < 4.78 is 16.8. The zero-order chi connectivity index (χ0) is 14.9. The summed E-state index contributed by atoms with van der Waals surface area (Å²) in [6, 6.07) is 4.28. The Labute approximate surface area is 121 Å². The average molecular weight is 298 g/mol. The monoisotopic (exact) mass is 297 g/mol. The Morgan fingerprint density at radius 2 is 2.05 bits per heavy atom. The number of hydrogen-bond acceptors (Lipinski definition) is 2. The van der Waals surface area contributed by atoms with Gasteiger partial charge in [-0.1, -0.05) is 24.9 Å². The maximum atomic E-state index is 13.6. The second-order valence-corrected chi connectivity index (χ2v) is 4.95. The Kier molecular flexibility index (Phi) is 4.18. The van der Waals surface area contributed by atoms with E-state index in [9.17, 15) is 9.18 Å². The first kappa shape index (κ1) is 14.7. The molecule has 1 aromatic heterocycles. The van der Waals surface area contributed by atoms with Gasteiger partial charge in [0.1, 0.15) is 11.5 Å². The summed E-state index contributed by atoms with van der Waals surface area (Å²) in [5, 5.41) is 0.0261. The van der Waals surface area contributed by atoms with Crippen molar-refractivity contribution in [1.82, 2.24) is 9.36 Å². The van der Waals surface area contributed by atoms with Crippen LogP contribution in [-0.4, -0.2) is 9.36 Å². The van der Waals surface area contributed by atoms with Crippen molar-refractivity contribution in [2.75, 3.05) is 5.73 Å². The van der Waals surface area contributed by atoms with Crippen LogP contribution in [0.2, 0.25) is 5.02 Å². The summed E-state index contributed by atoms with van der Waals surface area (Å²) >= 11 is 5.67. The fourth-order valence-electron chi connectivity index (χ4n) is 2.31. The van der Waals surface area contributed by atoms with E-state index in [1.54, 1.807) is 10.7 Å². The van der Waals surface area contributed by atoms with E-state index in [-0.39, 0.29) is 16.3 Å². The highest BCUT2D eigenvalue weighted by atomic mass is 35.5. The number of hydrogen-bond donors (Lipinski definition) is 1. The number of benzene rings is 1. The predicted molar refractivity (Wildman–Crippen MR) is 79.1 cm³/mol. The van der Waals surface area contributed by atoms with E-state index < -0.39 is 5.82 Å². The fraction of sp³-hybridized carbons (Fsp3) is 0.357. The van der Waals surface area contributed by atoms with Crippen molar-refractivity contribution < 1.29 is 4.39 Å². The van der Waals surface area contributed by atoms with Crippen LogP contribution in [0.15, 0.2) is 23.0 Å². The molecular weight excluding hydrogens is 281 g/mol. The zero-order valence-corrected chi connectivity index (χ0v) is 12.2. The predicted octanol–water partition coefficient (Wildman–Crippen LogP) is 2.99. The third-order valence-corrected chi connectivity index (χ3v) is 3.53. The molecule has 0 saturated heterocycles. The number of rotatable bonds is 4. The van der Waals surface area contributed by atoms with Crippen LogP contribution in [0.1, 0.15) is 26.0 Å². The molecule has 108 valence electrons. The van der Waals surface area contributed by atoms with Crippen molar-refractivity contribution in [1.29, 1.82) is 0 Å². The Morgan fingerprint density at radius 1 is 1.35 bits per heavy atom. The lowest BCUT2D eigenvalue weighted by molar-refractivity contribution is 0.542. The zero-order valence-electron chi connectivity index (χ0n) is 11.5. The third-order valence-electron chi connectivity index (χ3n) is 3.22. The van der Waals surface area contributed by atoms with Crippen molar-refractivity contribution >= 4 is 17.3 Å². The molecule has 0 aliphatic heterocycles. The number of nitrogens with two attached hydrogens (primary N) is 1. The smallest absolute Gasteiger partial charge is 0.294 e. The lowest BCUT2D eigenvalue weighted by Gasteiger charge is -2.13. The molecule has 1 heterocycles. The van der Waals surface area contributed by atoms with Crippen LogP contribution in [0.4, 0.5) is 10.1 Å². The molecule has 0 amide bonds. The second-order valence-electron chi connectivity index (χ2n) is 4.54. The van der Waals surface area contributed by atoms with Crippen LogP contribution < -0.4 is 11.3 Å². The van der Waals surface area contributed by atoms with Crippen LogP contribution >= 0.6 is 11.6 Å². The van der Waals surface area contributed by atoms with E-state index in [0.29, 0.717) is 18.7 Å². The Hall–Kier alpha value is -1.75. The van der Waals surface area contributed by atoms with Gasteiger partial charge in [0.05, 0.1) is 16.4 Å². The highest BCUT2D eigenvalue weighted by Gasteiger charge is 2.17. The van der Waals surface area contributed by atoms with E-state index in [1.807, 2.05) is 13.8 Å². The quantitative estimate of drug-likeness (QED) is 0.943. The molecule has 0 aliphatic carbocycles. The third kappa shape index (κ3) is 2.33. The number of nitrogens with zero attached hydrogens (tertiary/aromatic N) is 2. The van der Waals surface area contributed by atoms with Gasteiger partial charge < -0.3 is 5.73 Å². The van der Waals surface area contributed by atoms with Crippen molar-refractivity contribution in [2.24, 2.45) is 0 Å². The van der Waals surface area contributed by atoms with Gasteiger partial charge in [-0.05, 0) is 25.5 Å². The molecule has 4 nitrogen and oxygen atoms in total. The number of aromatic nitrogens is 2. The first-order chi connectivity index (χ1) is 9.51. The summed E-state index contributed by atoms with van der Waals surface area (Å²) in [5.74, 6) is -0.560. The number of anilines is 1. The SMILES string of the molecule is CCCc1c(N)c(=O)n(-c2ccc(Cl)c(F)c2)n1CC. The molecule has 0 unspecified atom stereocenters. The molecule has 2 N–H and O–H groups in total. The van der Waals surface area contributed by atoms with Crippen molar-refractivity contribution in [3.63, 3.8) is 0 Å². The largest absolute Gasteiger partial charge is 0.393 e. The average Bonchev–Trinajstić information content (AvgIpc) is 2.67. The summed E-state index contributed by atoms with van der Waals surface area (Å²) in [6.07, 6.45) is 1.58. The summed E-state index contributed by atoms with van der Waals surface area (Å²) in [7, 11) is 0. The van der Waals surface area contributed by atoms with Gasteiger partial charge >= 0.3 is 0 Å². The molecular formula is C14H17ClFN3O. The molecule has 0 aliphatic rings. The van der Waals surface area contributed by atoms with Gasteiger partial charge in [-0.3, -0.25) is 9.48 Å². The molecule has 0 bridgehead atoms. The summed E-state index contributed by atoms with van der Waals surface area (Å²) in [4.78, 5) is 12.3. The molecule has 0 saturated carbocycles. The van der Waals surface area contributed by atoms with Gasteiger partial charge in [-0.25, -0.2) is 9.07 Å². The Bertz CT molecular complexity index is 690. The molecule has 6 heteroatoms. The molecule has 0 spiro atoms. The van der Waals surface area contributed by atoms with Crippen molar-refractivity contribution in [3.8, 4) is 5.69 Å². The van der Waals surface area contributed by atoms with E-state index >= 15 is 0 Å². The summed E-state index contributed by atoms with van der Waals surface area (Å²) in [5.41, 5.74) is 7.01. The van der Waals surface area contributed by atoms with Gasteiger partial charge in [0.15, 0.2) is 0 Å². The van der Waals surface area contributed by atoms with E-state index in [4.69, 9.17) is 17.3 Å². The van der Waals surface area contributed by atoms with Crippen LogP contribution in [0.3, 0.4) is 0 Å². The van der Waals surface area contributed by atoms with Crippen molar-refractivity contribution in [2.45, 2.75) is 33.2 Å². The molecule has 20 heavy (non-hydrogen) atoms. The minimum absolute atomic E-state index is 0.0261. The van der Waals surface area contributed by atoms with Gasteiger partial charge in [-0.15, -0.1) is 0 Å². The normalized spacial score (nSPS) is 11.0. The first-order valence-electron chi connectivity index (χ1n) is 6.56. The second kappa shape index (κ2) is 5.71. The molecule has 1 aromatic carbocycles. The Morgan fingerprint density at radius 3 is 2.60 bits per heavy atom. The number of nitrogen functional groups attached to an aromatic ring is 1. The maximum Gasteiger partial charge on any atom is 0.294 e. The Balaban J connectivity index is 2.70. The lowest BCUT2D eigenvalue weighted by Crippen LogP contribution is -2.22. The summed E-state index contributed by atoms with van der Waals surface area (Å²) in [6.45, 7) is 4.51. The van der Waals surface area contributed by atoms with E-state index in [0.717, 1.165) is 12.1 Å². The number of halogens is 2. The maximum absolute atomic E-state index is 13.6. The van der Waals surface area contributed by atoms with E-state index in [2.05, 4.69) is 0 Å². The van der Waals surface area contributed by atoms with Crippen LogP contribution in [0.5, 0.6) is 0 Å². The molecule has 2 rings (SSSR count).